The molecular weight excluding hydrogens is 503 g/mol. The number of hydrogen-bond donors (Lipinski definition) is 1. The van der Waals surface area contributed by atoms with Crippen molar-refractivity contribution in [2.45, 2.75) is 32.4 Å². The summed E-state index contributed by atoms with van der Waals surface area (Å²) < 4.78 is 5.45. The fourth-order valence-corrected chi connectivity index (χ4v) is 3.77. The lowest BCUT2D eigenvalue weighted by Gasteiger charge is -2.26. The van der Waals surface area contributed by atoms with Gasteiger partial charge in [0.1, 0.15) is 5.75 Å². The molecule has 1 heterocycles. The van der Waals surface area contributed by atoms with Crippen LogP contribution in [0.5, 0.6) is 5.75 Å². The van der Waals surface area contributed by atoms with E-state index in [4.69, 9.17) is 4.74 Å². The van der Waals surface area contributed by atoms with E-state index in [1.807, 2.05) is 54.4 Å². The van der Waals surface area contributed by atoms with Crippen LogP contribution in [0.25, 0.3) is 0 Å². The van der Waals surface area contributed by atoms with Crippen molar-refractivity contribution in [1.29, 1.82) is 0 Å². The minimum atomic E-state index is 0. The third-order valence-corrected chi connectivity index (χ3v) is 5.47. The Hall–Kier alpha value is -2.29. The van der Waals surface area contributed by atoms with Crippen LogP contribution in [0, 0.1) is 0 Å². The number of para-hydroxylation sites is 1. The van der Waals surface area contributed by atoms with Crippen molar-refractivity contribution >= 4 is 35.8 Å². The first kappa shape index (κ1) is 25.0. The summed E-state index contributed by atoms with van der Waals surface area (Å²) in [6, 6.07) is 15.9. The summed E-state index contributed by atoms with van der Waals surface area (Å²) in [5.41, 5.74) is 2.97. The van der Waals surface area contributed by atoms with Crippen molar-refractivity contribution in [3.63, 3.8) is 0 Å². The van der Waals surface area contributed by atoms with E-state index in [1.54, 1.807) is 14.2 Å². The number of benzene rings is 2. The van der Waals surface area contributed by atoms with Crippen molar-refractivity contribution in [2.24, 2.45) is 4.99 Å². The highest BCUT2D eigenvalue weighted by molar-refractivity contribution is 14.0. The van der Waals surface area contributed by atoms with Gasteiger partial charge in [-0.05, 0) is 43.0 Å². The first-order chi connectivity index (χ1) is 14.6. The zero-order valence-corrected chi connectivity index (χ0v) is 21.0. The second kappa shape index (κ2) is 12.5. The largest absolute Gasteiger partial charge is 0.496 e. The zero-order valence-electron chi connectivity index (χ0n) is 18.6. The number of aliphatic imine (C=N–C) groups is 1. The summed E-state index contributed by atoms with van der Waals surface area (Å²) in [5, 5.41) is 3.40. The molecule has 0 bridgehead atoms. The van der Waals surface area contributed by atoms with E-state index >= 15 is 0 Å². The van der Waals surface area contributed by atoms with Crippen LogP contribution in [0.4, 0.5) is 0 Å². The molecule has 7 heteroatoms. The molecule has 6 nitrogen and oxygen atoms in total. The number of carbonyl (C=O) groups excluding carboxylic acids is 1. The van der Waals surface area contributed by atoms with Gasteiger partial charge in [-0.3, -0.25) is 9.79 Å². The lowest BCUT2D eigenvalue weighted by atomic mass is 10.1. The summed E-state index contributed by atoms with van der Waals surface area (Å²) in [7, 11) is 5.47. The zero-order chi connectivity index (χ0) is 21.3. The molecule has 1 fully saturated rings. The summed E-state index contributed by atoms with van der Waals surface area (Å²) in [5.74, 6) is 1.81. The van der Waals surface area contributed by atoms with Crippen molar-refractivity contribution in [3.8, 4) is 5.75 Å². The quantitative estimate of drug-likeness (QED) is 0.343. The molecule has 0 aromatic heterocycles. The Bertz CT molecular complexity index is 864. The highest BCUT2D eigenvalue weighted by atomic mass is 127. The maximum absolute atomic E-state index is 12.6. The molecule has 0 spiro atoms. The van der Waals surface area contributed by atoms with Gasteiger partial charge in [0.25, 0.3) is 5.91 Å². The molecule has 3 rings (SSSR count). The monoisotopic (exact) mass is 536 g/mol. The van der Waals surface area contributed by atoms with Crippen molar-refractivity contribution in [3.05, 3.63) is 65.2 Å². The van der Waals surface area contributed by atoms with Gasteiger partial charge in [-0.25, -0.2) is 0 Å². The molecule has 0 saturated carbocycles. The van der Waals surface area contributed by atoms with Crippen LogP contribution in [-0.4, -0.2) is 56.0 Å². The van der Waals surface area contributed by atoms with E-state index in [1.165, 1.54) is 6.42 Å². The van der Waals surface area contributed by atoms with Crippen LogP contribution in [-0.2, 0) is 13.1 Å². The Kier molecular flexibility index (Phi) is 10.1. The first-order valence-electron chi connectivity index (χ1n) is 10.5. The van der Waals surface area contributed by atoms with Crippen molar-refractivity contribution in [2.75, 3.05) is 34.3 Å². The molecule has 1 saturated heterocycles. The van der Waals surface area contributed by atoms with E-state index in [2.05, 4.69) is 21.3 Å². The molecule has 0 atom stereocenters. The molecule has 0 unspecified atom stereocenters. The molecule has 0 aliphatic carbocycles. The average molecular weight is 536 g/mol. The number of amides is 1. The van der Waals surface area contributed by atoms with E-state index in [0.717, 1.165) is 54.3 Å². The van der Waals surface area contributed by atoms with E-state index in [9.17, 15) is 4.79 Å². The third-order valence-electron chi connectivity index (χ3n) is 5.47. The predicted molar refractivity (Wildman–Crippen MR) is 136 cm³/mol. The van der Waals surface area contributed by atoms with Crippen LogP contribution >= 0.6 is 24.0 Å². The van der Waals surface area contributed by atoms with Gasteiger partial charge in [-0.2, -0.15) is 0 Å². The molecule has 1 amide bonds. The molecule has 2 aromatic carbocycles. The van der Waals surface area contributed by atoms with Crippen molar-refractivity contribution in [1.82, 2.24) is 15.1 Å². The topological polar surface area (TPSA) is 57.2 Å². The van der Waals surface area contributed by atoms with Crippen LogP contribution in [0.1, 0.15) is 40.7 Å². The predicted octanol–water partition coefficient (Wildman–Crippen LogP) is 4.15. The lowest BCUT2D eigenvalue weighted by Crippen LogP contribution is -2.38. The van der Waals surface area contributed by atoms with E-state index in [-0.39, 0.29) is 29.9 Å². The van der Waals surface area contributed by atoms with E-state index in [0.29, 0.717) is 13.1 Å². The number of nitrogens with one attached hydrogen (secondary N) is 1. The van der Waals surface area contributed by atoms with Gasteiger partial charge in [0.2, 0.25) is 0 Å². The Morgan fingerprint density at radius 1 is 1.10 bits per heavy atom. The molecule has 1 aliphatic rings. The number of nitrogens with zero attached hydrogens (tertiary/aromatic N) is 3. The minimum Gasteiger partial charge on any atom is -0.496 e. The molecule has 1 N–H and O–H groups in total. The maximum atomic E-state index is 12.6. The molecule has 0 radical (unpaired) electrons. The number of carbonyl (C=O) groups is 1. The first-order valence-corrected chi connectivity index (χ1v) is 10.5. The molecule has 1 aliphatic heterocycles. The van der Waals surface area contributed by atoms with Crippen LogP contribution < -0.4 is 10.1 Å². The molecule has 2 aromatic rings. The highest BCUT2D eigenvalue weighted by Gasteiger charge is 2.18. The van der Waals surface area contributed by atoms with Gasteiger partial charge in [0.15, 0.2) is 5.96 Å². The van der Waals surface area contributed by atoms with Crippen LogP contribution in [0.2, 0.25) is 0 Å². The molecular formula is C24H33IN4O2. The van der Waals surface area contributed by atoms with Gasteiger partial charge in [0.05, 0.1) is 7.11 Å². The van der Waals surface area contributed by atoms with Crippen LogP contribution in [0.15, 0.2) is 53.5 Å². The van der Waals surface area contributed by atoms with Crippen molar-refractivity contribution < 1.29 is 9.53 Å². The highest BCUT2D eigenvalue weighted by Crippen LogP contribution is 2.19. The molecule has 31 heavy (non-hydrogen) atoms. The lowest BCUT2D eigenvalue weighted by molar-refractivity contribution is 0.0724. The van der Waals surface area contributed by atoms with Crippen LogP contribution in [0.3, 0.4) is 0 Å². The summed E-state index contributed by atoms with van der Waals surface area (Å²) in [4.78, 5) is 21.0. The summed E-state index contributed by atoms with van der Waals surface area (Å²) in [6.07, 6.45) is 3.44. The van der Waals surface area contributed by atoms with Gasteiger partial charge in [-0.15, -0.1) is 24.0 Å². The maximum Gasteiger partial charge on any atom is 0.253 e. The number of ether oxygens (including phenoxy) is 1. The third kappa shape index (κ3) is 6.85. The molecule has 168 valence electrons. The summed E-state index contributed by atoms with van der Waals surface area (Å²) >= 11 is 0. The number of likely N-dealkylation sites (tertiary alicyclic amines) is 1. The number of methoxy groups -OCH3 is 1. The fourth-order valence-electron chi connectivity index (χ4n) is 3.77. The van der Waals surface area contributed by atoms with E-state index < -0.39 is 0 Å². The van der Waals surface area contributed by atoms with Gasteiger partial charge >= 0.3 is 0 Å². The minimum absolute atomic E-state index is 0. The second-order valence-corrected chi connectivity index (χ2v) is 7.62. The number of rotatable bonds is 6. The Balaban J connectivity index is 0.00000341. The normalized spacial score (nSPS) is 13.9. The van der Waals surface area contributed by atoms with Gasteiger partial charge < -0.3 is 19.9 Å². The Morgan fingerprint density at radius 3 is 2.42 bits per heavy atom. The number of guanidine groups is 1. The number of piperidine rings is 1. The average Bonchev–Trinajstić information content (AvgIpc) is 2.80. The standard InChI is InChI=1S/C24H32N4O2.HI/c1-25-24(27(2)18-21-9-5-6-10-22(21)30-3)26-17-19-11-13-20(14-12-19)23(29)28-15-7-4-8-16-28;/h5-6,9-14H,4,7-8,15-18H2,1-3H3,(H,25,26);1H. The Labute approximate surface area is 202 Å². The second-order valence-electron chi connectivity index (χ2n) is 7.62. The number of hydrogen-bond acceptors (Lipinski definition) is 3. The Morgan fingerprint density at radius 2 is 1.77 bits per heavy atom. The fraction of sp³-hybridized carbons (Fsp3) is 0.417. The smallest absolute Gasteiger partial charge is 0.253 e. The SMILES string of the molecule is CN=C(NCc1ccc(C(=O)N2CCCCC2)cc1)N(C)Cc1ccccc1OC.I. The van der Waals surface area contributed by atoms with Gasteiger partial charge in [0, 0.05) is 51.4 Å². The number of halogens is 1. The van der Waals surface area contributed by atoms with Gasteiger partial charge in [-0.1, -0.05) is 30.3 Å². The summed E-state index contributed by atoms with van der Waals surface area (Å²) in [6.45, 7) is 3.07.